The molecule has 2 N–H and O–H groups in total. The van der Waals surface area contributed by atoms with Crippen molar-refractivity contribution in [2.45, 2.75) is 63.6 Å². The summed E-state index contributed by atoms with van der Waals surface area (Å²) in [5.74, 6) is 0.695. The number of hydrogen-bond acceptors (Lipinski definition) is 5. The summed E-state index contributed by atoms with van der Waals surface area (Å²) >= 11 is 0. The van der Waals surface area contributed by atoms with Gasteiger partial charge in [0.15, 0.2) is 0 Å². The maximum absolute atomic E-state index is 14.4. The van der Waals surface area contributed by atoms with E-state index in [0.29, 0.717) is 37.1 Å². The number of nitrogens with zero attached hydrogens (tertiary/aromatic N) is 3. The number of likely N-dealkylation sites (tertiary alicyclic amines) is 1. The van der Waals surface area contributed by atoms with Gasteiger partial charge >= 0.3 is 0 Å². The lowest BCUT2D eigenvalue weighted by atomic mass is 9.87. The normalized spacial score (nSPS) is 16.3. The van der Waals surface area contributed by atoms with E-state index in [9.17, 15) is 19.5 Å². The van der Waals surface area contributed by atoms with Crippen molar-refractivity contribution in [1.82, 2.24) is 15.2 Å². The summed E-state index contributed by atoms with van der Waals surface area (Å²) in [6.45, 7) is 6.37. The van der Waals surface area contributed by atoms with Gasteiger partial charge in [-0.15, -0.1) is 6.42 Å². The number of aliphatic hydroxyl groups excluding tert-OH is 1. The van der Waals surface area contributed by atoms with Crippen LogP contribution < -0.4 is 10.2 Å². The second-order valence-electron chi connectivity index (χ2n) is 11.6. The highest BCUT2D eigenvalue weighted by Gasteiger charge is 2.42. The van der Waals surface area contributed by atoms with E-state index in [1.165, 1.54) is 9.80 Å². The van der Waals surface area contributed by atoms with Gasteiger partial charge < -0.3 is 15.3 Å². The van der Waals surface area contributed by atoms with Crippen LogP contribution in [0.5, 0.6) is 0 Å². The van der Waals surface area contributed by atoms with Crippen LogP contribution in [0.2, 0.25) is 0 Å². The van der Waals surface area contributed by atoms with E-state index in [-0.39, 0.29) is 12.0 Å². The third-order valence-electron chi connectivity index (χ3n) is 7.57. The Bertz CT molecular complexity index is 1410. The summed E-state index contributed by atoms with van der Waals surface area (Å²) in [4.78, 5) is 48.3. The van der Waals surface area contributed by atoms with Crippen molar-refractivity contribution < 1.29 is 19.5 Å². The number of rotatable bonds is 9. The Kier molecular flexibility index (Phi) is 9.76. The van der Waals surface area contributed by atoms with Crippen molar-refractivity contribution in [3.05, 3.63) is 95.8 Å². The molecule has 3 unspecified atom stereocenters. The third kappa shape index (κ3) is 7.04. The molecule has 1 saturated heterocycles. The van der Waals surface area contributed by atoms with Crippen LogP contribution in [0.1, 0.15) is 56.3 Å². The summed E-state index contributed by atoms with van der Waals surface area (Å²) in [6, 6.07) is 18.0. The smallest absolute Gasteiger partial charge is 0.298 e. The van der Waals surface area contributed by atoms with Gasteiger partial charge in [-0.25, -0.2) is 0 Å². The Morgan fingerprint density at radius 3 is 2.40 bits per heavy atom. The van der Waals surface area contributed by atoms with Crippen LogP contribution in [0, 0.1) is 12.3 Å². The number of pyridine rings is 1. The predicted octanol–water partition coefficient (Wildman–Crippen LogP) is 3.80. The molecular formula is C34H38N4O4. The molecule has 1 fully saturated rings. The van der Waals surface area contributed by atoms with Crippen molar-refractivity contribution >= 4 is 23.4 Å². The first-order valence-corrected chi connectivity index (χ1v) is 14.2. The monoisotopic (exact) mass is 566 g/mol. The Hall–Kier alpha value is -4.48. The van der Waals surface area contributed by atoms with E-state index in [1.54, 1.807) is 24.5 Å². The van der Waals surface area contributed by atoms with Crippen molar-refractivity contribution in [3.63, 3.8) is 0 Å². The lowest BCUT2D eigenvalue weighted by Gasteiger charge is -2.36. The van der Waals surface area contributed by atoms with Crippen molar-refractivity contribution in [2.24, 2.45) is 0 Å². The van der Waals surface area contributed by atoms with Gasteiger partial charge in [-0.05, 0) is 59.9 Å². The molecule has 3 amide bonds. The van der Waals surface area contributed by atoms with E-state index < -0.39 is 35.8 Å². The third-order valence-corrected chi connectivity index (χ3v) is 7.57. The molecule has 1 aliphatic rings. The van der Waals surface area contributed by atoms with Gasteiger partial charge in [-0.2, -0.15) is 0 Å². The molecule has 2 aromatic carbocycles. The molecule has 0 aliphatic carbocycles. The first-order chi connectivity index (χ1) is 20.1. The number of terminal acetylenes is 1. The number of anilines is 1. The first-order valence-electron chi connectivity index (χ1n) is 14.2. The van der Waals surface area contributed by atoms with E-state index in [4.69, 9.17) is 6.42 Å². The zero-order valence-corrected chi connectivity index (χ0v) is 24.4. The van der Waals surface area contributed by atoms with Gasteiger partial charge in [0.25, 0.3) is 11.8 Å². The number of carbonyl (C=O) groups excluding carboxylic acids is 3. The second-order valence-corrected chi connectivity index (χ2v) is 11.6. The van der Waals surface area contributed by atoms with Crippen LogP contribution in [0.3, 0.4) is 0 Å². The fourth-order valence-electron chi connectivity index (χ4n) is 5.33. The second kappa shape index (κ2) is 13.5. The highest BCUT2D eigenvalue weighted by molar-refractivity contribution is 6.06. The molecule has 8 heteroatoms. The molecule has 218 valence electrons. The summed E-state index contributed by atoms with van der Waals surface area (Å²) < 4.78 is 0. The zero-order valence-electron chi connectivity index (χ0n) is 24.4. The van der Waals surface area contributed by atoms with Crippen LogP contribution in [0.25, 0.3) is 0 Å². The molecule has 0 bridgehead atoms. The van der Waals surface area contributed by atoms with E-state index in [2.05, 4.69) is 37.0 Å². The molecule has 3 atom stereocenters. The Balaban J connectivity index is 1.78. The lowest BCUT2D eigenvalue weighted by molar-refractivity contribution is -0.134. The molecule has 0 spiro atoms. The highest BCUT2D eigenvalue weighted by Crippen LogP contribution is 2.33. The topological polar surface area (TPSA) is 103 Å². The van der Waals surface area contributed by atoms with Crippen LogP contribution in [0.4, 0.5) is 5.69 Å². The minimum atomic E-state index is -1.13. The Morgan fingerprint density at radius 1 is 1.10 bits per heavy atom. The summed E-state index contributed by atoms with van der Waals surface area (Å²) in [7, 11) is 0. The largest absolute Gasteiger partial charge is 0.394 e. The Labute approximate surface area is 247 Å². The molecule has 4 rings (SSSR count). The van der Waals surface area contributed by atoms with Gasteiger partial charge in [-0.1, -0.05) is 69.3 Å². The number of aromatic nitrogens is 1. The number of carbonyl (C=O) groups is 3. The average molecular weight is 567 g/mol. The standard InChI is InChI=1S/C34H38N4O4/c1-5-30(40)37-20-10-14-29(37)33(42)38(28-17-15-26(16-18-28)34(2,3)4)31(25-13-9-19-35-22-25)32(41)36-27(23-39)21-24-11-7-6-8-12-24/h1,6-9,11-13,15-19,22,27,29,31,39H,10,14,20-21,23H2,2-4H3,(H,36,41). The summed E-state index contributed by atoms with van der Waals surface area (Å²) in [6.07, 6.45) is 10.0. The first kappa shape index (κ1) is 30.5. The number of hydrogen-bond donors (Lipinski definition) is 2. The van der Waals surface area contributed by atoms with Gasteiger partial charge in [0, 0.05) is 30.2 Å². The summed E-state index contributed by atoms with van der Waals surface area (Å²) in [5.41, 5.74) is 2.89. The average Bonchev–Trinajstić information content (AvgIpc) is 3.49. The van der Waals surface area contributed by atoms with E-state index >= 15 is 0 Å². The fourth-order valence-corrected chi connectivity index (χ4v) is 5.33. The minimum Gasteiger partial charge on any atom is -0.394 e. The zero-order chi connectivity index (χ0) is 30.3. The van der Waals surface area contributed by atoms with Gasteiger partial charge in [0.1, 0.15) is 12.1 Å². The van der Waals surface area contributed by atoms with Gasteiger partial charge in [0.05, 0.1) is 12.6 Å². The van der Waals surface area contributed by atoms with Gasteiger partial charge in [-0.3, -0.25) is 24.3 Å². The Morgan fingerprint density at radius 2 is 1.81 bits per heavy atom. The number of aliphatic hydroxyl groups is 1. The molecule has 1 aliphatic heterocycles. The molecule has 2 heterocycles. The molecule has 3 aromatic rings. The molecule has 1 aromatic heterocycles. The lowest BCUT2D eigenvalue weighted by Crippen LogP contribution is -2.53. The van der Waals surface area contributed by atoms with E-state index in [1.807, 2.05) is 54.6 Å². The van der Waals surface area contributed by atoms with Crippen molar-refractivity contribution in [1.29, 1.82) is 0 Å². The van der Waals surface area contributed by atoms with Crippen molar-refractivity contribution in [2.75, 3.05) is 18.1 Å². The van der Waals surface area contributed by atoms with Gasteiger partial charge in [0.2, 0.25) is 5.91 Å². The molecular weight excluding hydrogens is 528 g/mol. The van der Waals surface area contributed by atoms with Crippen LogP contribution in [-0.4, -0.2) is 57.9 Å². The molecule has 8 nitrogen and oxygen atoms in total. The predicted molar refractivity (Wildman–Crippen MR) is 162 cm³/mol. The number of amides is 3. The summed E-state index contributed by atoms with van der Waals surface area (Å²) in [5, 5.41) is 13.2. The fraction of sp³-hybridized carbons (Fsp3) is 0.353. The molecule has 42 heavy (non-hydrogen) atoms. The maximum atomic E-state index is 14.4. The van der Waals surface area contributed by atoms with Crippen LogP contribution >= 0.6 is 0 Å². The number of benzene rings is 2. The van der Waals surface area contributed by atoms with Crippen molar-refractivity contribution in [3.8, 4) is 12.3 Å². The highest BCUT2D eigenvalue weighted by atomic mass is 16.3. The minimum absolute atomic E-state index is 0.124. The van der Waals surface area contributed by atoms with Crippen LogP contribution in [0.15, 0.2) is 79.1 Å². The van der Waals surface area contributed by atoms with Crippen LogP contribution in [-0.2, 0) is 26.2 Å². The SMILES string of the molecule is C#CC(=O)N1CCCC1C(=O)N(c1ccc(C(C)(C)C)cc1)C(C(=O)NC(CO)Cc1ccccc1)c1cccnc1. The quantitative estimate of drug-likeness (QED) is 0.384. The maximum Gasteiger partial charge on any atom is 0.298 e. The number of nitrogens with one attached hydrogen (secondary N) is 1. The molecule has 0 saturated carbocycles. The van der Waals surface area contributed by atoms with E-state index in [0.717, 1.165) is 11.1 Å². The molecule has 0 radical (unpaired) electrons.